The van der Waals surface area contributed by atoms with E-state index >= 15 is 0 Å². The van der Waals surface area contributed by atoms with Gasteiger partial charge in [0, 0.05) is 16.9 Å². The van der Waals surface area contributed by atoms with Crippen LogP contribution in [0.3, 0.4) is 0 Å². The second-order valence-electron chi connectivity index (χ2n) is 8.33. The number of thioether (sulfide) groups is 1. The quantitative estimate of drug-likeness (QED) is 0.181. The molecule has 0 unspecified atom stereocenters. The van der Waals surface area contributed by atoms with Crippen LogP contribution in [0.2, 0.25) is 0 Å². The lowest BCUT2D eigenvalue weighted by Gasteiger charge is -2.08. The van der Waals surface area contributed by atoms with Crippen LogP contribution in [0.25, 0.3) is 20.8 Å². The van der Waals surface area contributed by atoms with Crippen LogP contribution in [-0.2, 0) is 23.8 Å². The number of aliphatic carboxylic acids is 1. The minimum absolute atomic E-state index is 0.142. The van der Waals surface area contributed by atoms with Gasteiger partial charge in [-0.25, -0.2) is 4.98 Å². The van der Waals surface area contributed by atoms with Gasteiger partial charge in [0.2, 0.25) is 0 Å². The topological polar surface area (TPSA) is 50.2 Å². The number of carbonyl (C=O) groups is 1. The number of halogens is 3. The van der Waals surface area contributed by atoms with Crippen LogP contribution in [0.4, 0.5) is 13.2 Å². The van der Waals surface area contributed by atoms with E-state index in [4.69, 9.17) is 5.11 Å². The number of nitrogens with zero attached hydrogens (tertiary/aromatic N) is 1. The molecule has 1 heterocycles. The Morgan fingerprint density at radius 1 is 1.03 bits per heavy atom. The Balaban J connectivity index is 1.33. The molecule has 0 radical (unpaired) electrons. The molecule has 35 heavy (non-hydrogen) atoms. The molecule has 3 nitrogen and oxygen atoms in total. The predicted octanol–water partition coefficient (Wildman–Crippen LogP) is 8.03. The Kier molecular flexibility index (Phi) is 7.82. The molecule has 0 aliphatic rings. The summed E-state index contributed by atoms with van der Waals surface area (Å²) < 4.78 is 39.5. The molecule has 0 spiro atoms. The van der Waals surface area contributed by atoms with E-state index in [9.17, 15) is 18.0 Å². The number of aryl methyl sites for hydroxylation is 3. The van der Waals surface area contributed by atoms with Crippen molar-refractivity contribution in [1.82, 2.24) is 4.98 Å². The summed E-state index contributed by atoms with van der Waals surface area (Å²) in [6, 6.07) is 17.5. The minimum atomic E-state index is -4.34. The van der Waals surface area contributed by atoms with E-state index in [1.807, 2.05) is 19.1 Å². The summed E-state index contributed by atoms with van der Waals surface area (Å²) >= 11 is 3.28. The van der Waals surface area contributed by atoms with E-state index in [0.717, 1.165) is 52.1 Å². The highest BCUT2D eigenvalue weighted by atomic mass is 32.2. The molecule has 0 saturated heterocycles. The maximum atomic E-state index is 12.8. The first-order chi connectivity index (χ1) is 16.7. The van der Waals surface area contributed by atoms with Crippen LogP contribution in [0.5, 0.6) is 0 Å². The highest BCUT2D eigenvalue weighted by molar-refractivity contribution is 7.99. The summed E-state index contributed by atoms with van der Waals surface area (Å²) in [6.45, 7) is 2.02. The van der Waals surface area contributed by atoms with Crippen molar-refractivity contribution in [3.63, 3.8) is 0 Å². The van der Waals surface area contributed by atoms with E-state index < -0.39 is 17.7 Å². The molecule has 182 valence electrons. The Bertz CT molecular complexity index is 1330. The zero-order valence-corrected chi connectivity index (χ0v) is 20.7. The van der Waals surface area contributed by atoms with E-state index in [1.165, 1.54) is 33.9 Å². The van der Waals surface area contributed by atoms with Gasteiger partial charge in [-0.1, -0.05) is 24.3 Å². The average molecular weight is 516 g/mol. The molecule has 4 rings (SSSR count). The number of aromatic nitrogens is 1. The fraction of sp³-hybridized carbons (Fsp3) is 0.259. The van der Waals surface area contributed by atoms with Gasteiger partial charge in [0.05, 0.1) is 15.8 Å². The van der Waals surface area contributed by atoms with Gasteiger partial charge in [-0.15, -0.1) is 23.1 Å². The van der Waals surface area contributed by atoms with Gasteiger partial charge in [-0.3, -0.25) is 4.79 Å². The largest absolute Gasteiger partial charge is 0.481 e. The normalized spacial score (nSPS) is 11.8. The Morgan fingerprint density at radius 3 is 2.49 bits per heavy atom. The van der Waals surface area contributed by atoms with E-state index in [2.05, 4.69) is 29.2 Å². The maximum Gasteiger partial charge on any atom is 0.416 e. The predicted molar refractivity (Wildman–Crippen MR) is 136 cm³/mol. The summed E-state index contributed by atoms with van der Waals surface area (Å²) in [7, 11) is 0. The summed E-state index contributed by atoms with van der Waals surface area (Å²) in [5.74, 6) is 0.181. The molecule has 0 amide bonds. The van der Waals surface area contributed by atoms with Crippen molar-refractivity contribution < 1.29 is 23.1 Å². The van der Waals surface area contributed by atoms with Crippen LogP contribution in [-0.4, -0.2) is 21.8 Å². The number of thiazole rings is 1. The van der Waals surface area contributed by atoms with Gasteiger partial charge in [-0.2, -0.15) is 13.2 Å². The number of hydrogen-bond acceptors (Lipinski definition) is 4. The SMILES string of the molecule is Cc1cc(SCCCc2ccc3nc(-c4ccc(C(F)(F)F)cc4)sc3c2)ccc1CCC(=O)O. The van der Waals surface area contributed by atoms with Gasteiger partial charge in [-0.05, 0) is 85.0 Å². The monoisotopic (exact) mass is 515 g/mol. The standard InChI is InChI=1S/C27H24F3NO2S2/c1-17-15-22(11-7-19(17)8-13-25(32)33)34-14-2-3-18-4-12-23-24(16-18)35-26(31-23)20-5-9-21(10-6-20)27(28,29)30/h4-7,9-12,15-16H,2-3,8,13-14H2,1H3,(H,32,33). The molecule has 1 N–H and O–H groups in total. The number of fused-ring (bicyclic) bond motifs is 1. The van der Waals surface area contributed by atoms with Gasteiger partial charge in [0.15, 0.2) is 0 Å². The third kappa shape index (κ3) is 6.64. The van der Waals surface area contributed by atoms with Crippen LogP contribution in [0, 0.1) is 6.92 Å². The highest BCUT2D eigenvalue weighted by Crippen LogP contribution is 2.34. The third-order valence-corrected chi connectivity index (χ3v) is 7.86. The number of rotatable bonds is 9. The van der Waals surface area contributed by atoms with Crippen molar-refractivity contribution in [1.29, 1.82) is 0 Å². The Labute approximate surface area is 210 Å². The summed E-state index contributed by atoms with van der Waals surface area (Å²) in [6.07, 6.45) is -1.73. The fourth-order valence-corrected chi connectivity index (χ4v) is 5.78. The number of carboxylic acid groups (broad SMARTS) is 1. The molecule has 8 heteroatoms. The van der Waals surface area contributed by atoms with Crippen LogP contribution < -0.4 is 0 Å². The maximum absolute atomic E-state index is 12.8. The number of benzene rings is 3. The van der Waals surface area contributed by atoms with Crippen LogP contribution in [0.1, 0.15) is 35.1 Å². The van der Waals surface area contributed by atoms with Gasteiger partial charge in [0.25, 0.3) is 0 Å². The van der Waals surface area contributed by atoms with Gasteiger partial charge < -0.3 is 5.11 Å². The Hall–Kier alpha value is -2.84. The summed E-state index contributed by atoms with van der Waals surface area (Å²) in [5, 5.41) is 9.57. The van der Waals surface area contributed by atoms with E-state index in [1.54, 1.807) is 11.8 Å². The first kappa shape index (κ1) is 25.3. The summed E-state index contributed by atoms with van der Waals surface area (Å²) in [4.78, 5) is 16.6. The average Bonchev–Trinajstić information content (AvgIpc) is 3.24. The zero-order valence-electron chi connectivity index (χ0n) is 19.1. The molecule has 0 aliphatic heterocycles. The summed E-state index contributed by atoms with van der Waals surface area (Å²) in [5.41, 5.74) is 4.27. The molecule has 0 saturated carbocycles. The number of alkyl halides is 3. The molecule has 0 atom stereocenters. The lowest BCUT2D eigenvalue weighted by Crippen LogP contribution is -2.03. The van der Waals surface area contributed by atoms with Crippen molar-refractivity contribution in [2.45, 2.75) is 43.7 Å². The zero-order chi connectivity index (χ0) is 25.0. The molecular weight excluding hydrogens is 491 g/mol. The molecule has 0 aliphatic carbocycles. The van der Waals surface area contributed by atoms with Crippen molar-refractivity contribution >= 4 is 39.3 Å². The molecule has 1 aromatic heterocycles. The molecule has 0 fully saturated rings. The second kappa shape index (κ2) is 10.8. The lowest BCUT2D eigenvalue weighted by atomic mass is 10.0. The first-order valence-electron chi connectivity index (χ1n) is 11.2. The fourth-order valence-electron chi connectivity index (χ4n) is 3.80. The van der Waals surface area contributed by atoms with Crippen LogP contribution >= 0.6 is 23.1 Å². The lowest BCUT2D eigenvalue weighted by molar-refractivity contribution is -0.138. The number of carboxylic acids is 1. The van der Waals surface area contributed by atoms with Crippen LogP contribution in [0.15, 0.2) is 65.6 Å². The Morgan fingerprint density at radius 2 is 1.80 bits per heavy atom. The van der Waals surface area contributed by atoms with Gasteiger partial charge >= 0.3 is 12.1 Å². The van der Waals surface area contributed by atoms with Crippen molar-refractivity contribution in [3.05, 3.63) is 82.9 Å². The second-order valence-corrected chi connectivity index (χ2v) is 10.5. The smallest absolute Gasteiger partial charge is 0.416 e. The highest BCUT2D eigenvalue weighted by Gasteiger charge is 2.30. The van der Waals surface area contributed by atoms with Crippen molar-refractivity contribution in [2.75, 3.05) is 5.75 Å². The van der Waals surface area contributed by atoms with Gasteiger partial charge in [0.1, 0.15) is 5.01 Å². The molecule has 0 bridgehead atoms. The molecule has 4 aromatic rings. The third-order valence-electron chi connectivity index (χ3n) is 5.71. The first-order valence-corrected chi connectivity index (χ1v) is 13.0. The minimum Gasteiger partial charge on any atom is -0.481 e. The van der Waals surface area contributed by atoms with E-state index in [-0.39, 0.29) is 6.42 Å². The van der Waals surface area contributed by atoms with Crippen molar-refractivity contribution in [3.8, 4) is 10.6 Å². The van der Waals surface area contributed by atoms with Crippen molar-refractivity contribution in [2.24, 2.45) is 0 Å². The molecule has 3 aromatic carbocycles. The number of hydrogen-bond donors (Lipinski definition) is 1. The van der Waals surface area contributed by atoms with E-state index in [0.29, 0.717) is 17.0 Å². The molecular formula is C27H24F3NO2S2.